The summed E-state index contributed by atoms with van der Waals surface area (Å²) in [5.41, 5.74) is 9.51. The standard InChI is InChI=1S/C19H29N3OS/c1-14-16(13-22-8-10-24-11-9-22)5-3-7-18(14)21-19(23)15-4-2-6-17(20)12-15/h3,5,7,15,17H,2,4,6,8-13,20H2,1H3,(H,21,23). The molecule has 1 aromatic rings. The largest absolute Gasteiger partial charge is 0.328 e. The van der Waals surface area contributed by atoms with Crippen LogP contribution < -0.4 is 11.1 Å². The Kier molecular flexibility index (Phi) is 6.19. The number of anilines is 1. The first-order valence-corrected chi connectivity index (χ1v) is 10.2. The fourth-order valence-electron chi connectivity index (χ4n) is 3.69. The van der Waals surface area contributed by atoms with Gasteiger partial charge in [0, 0.05) is 48.8 Å². The first-order chi connectivity index (χ1) is 11.6. The van der Waals surface area contributed by atoms with Crippen molar-refractivity contribution in [2.45, 2.75) is 45.2 Å². The van der Waals surface area contributed by atoms with E-state index in [1.807, 2.05) is 17.8 Å². The number of hydrogen-bond acceptors (Lipinski definition) is 4. The molecule has 0 bridgehead atoms. The lowest BCUT2D eigenvalue weighted by atomic mass is 9.85. The van der Waals surface area contributed by atoms with Crippen molar-refractivity contribution >= 4 is 23.4 Å². The van der Waals surface area contributed by atoms with E-state index >= 15 is 0 Å². The van der Waals surface area contributed by atoms with Crippen LogP contribution in [0.25, 0.3) is 0 Å². The maximum absolute atomic E-state index is 12.6. The summed E-state index contributed by atoms with van der Waals surface area (Å²) >= 11 is 2.03. The van der Waals surface area contributed by atoms with Crippen LogP contribution in [0.4, 0.5) is 5.69 Å². The number of rotatable bonds is 4. The van der Waals surface area contributed by atoms with Crippen LogP contribution in [-0.4, -0.2) is 41.4 Å². The first kappa shape index (κ1) is 17.8. The molecule has 2 unspecified atom stereocenters. The second kappa shape index (κ2) is 8.37. The molecule has 1 saturated heterocycles. The van der Waals surface area contributed by atoms with Gasteiger partial charge in [0.05, 0.1) is 0 Å². The number of nitrogens with two attached hydrogens (primary N) is 1. The molecule has 24 heavy (non-hydrogen) atoms. The van der Waals surface area contributed by atoms with E-state index in [1.165, 1.54) is 22.6 Å². The highest BCUT2D eigenvalue weighted by atomic mass is 32.2. The van der Waals surface area contributed by atoms with E-state index in [1.54, 1.807) is 0 Å². The van der Waals surface area contributed by atoms with Gasteiger partial charge in [-0.2, -0.15) is 11.8 Å². The molecule has 1 heterocycles. The monoisotopic (exact) mass is 347 g/mol. The van der Waals surface area contributed by atoms with Gasteiger partial charge in [0.25, 0.3) is 0 Å². The summed E-state index contributed by atoms with van der Waals surface area (Å²) in [6, 6.07) is 6.44. The molecule has 1 aliphatic carbocycles. The lowest BCUT2D eigenvalue weighted by Gasteiger charge is -2.28. The van der Waals surface area contributed by atoms with Crippen molar-refractivity contribution in [2.75, 3.05) is 29.9 Å². The predicted octanol–water partition coefficient (Wildman–Crippen LogP) is 3.00. The van der Waals surface area contributed by atoms with Gasteiger partial charge in [0.2, 0.25) is 5.91 Å². The number of benzene rings is 1. The minimum absolute atomic E-state index is 0.0657. The number of amides is 1. The lowest BCUT2D eigenvalue weighted by Crippen LogP contribution is -2.34. The minimum atomic E-state index is 0.0657. The molecule has 132 valence electrons. The number of nitrogens with one attached hydrogen (secondary N) is 1. The summed E-state index contributed by atoms with van der Waals surface area (Å²) < 4.78 is 0. The van der Waals surface area contributed by atoms with Crippen LogP contribution in [0, 0.1) is 12.8 Å². The highest BCUT2D eigenvalue weighted by Gasteiger charge is 2.25. The van der Waals surface area contributed by atoms with E-state index in [2.05, 4.69) is 29.3 Å². The molecule has 1 saturated carbocycles. The molecule has 2 fully saturated rings. The summed E-state index contributed by atoms with van der Waals surface area (Å²) in [6.45, 7) is 5.40. The summed E-state index contributed by atoms with van der Waals surface area (Å²) in [4.78, 5) is 15.1. The molecule has 0 radical (unpaired) electrons. The molecule has 1 aliphatic heterocycles. The van der Waals surface area contributed by atoms with Gasteiger partial charge in [0.1, 0.15) is 0 Å². The SMILES string of the molecule is Cc1c(CN2CCSCC2)cccc1NC(=O)C1CCCC(N)C1. The van der Waals surface area contributed by atoms with Gasteiger partial charge >= 0.3 is 0 Å². The molecule has 1 amide bonds. The first-order valence-electron chi connectivity index (χ1n) is 9.08. The number of hydrogen-bond donors (Lipinski definition) is 2. The third-order valence-corrected chi connectivity index (χ3v) is 6.23. The zero-order chi connectivity index (χ0) is 16.9. The van der Waals surface area contributed by atoms with E-state index in [0.29, 0.717) is 0 Å². The maximum Gasteiger partial charge on any atom is 0.227 e. The fraction of sp³-hybridized carbons (Fsp3) is 0.632. The van der Waals surface area contributed by atoms with Crippen molar-refractivity contribution in [1.82, 2.24) is 4.90 Å². The van der Waals surface area contributed by atoms with Gasteiger partial charge in [-0.1, -0.05) is 18.6 Å². The van der Waals surface area contributed by atoms with Crippen LogP contribution in [0.5, 0.6) is 0 Å². The Bertz CT molecular complexity index is 572. The molecule has 5 heteroatoms. The van der Waals surface area contributed by atoms with Crippen LogP contribution in [-0.2, 0) is 11.3 Å². The lowest BCUT2D eigenvalue weighted by molar-refractivity contribution is -0.120. The number of nitrogens with zero attached hydrogens (tertiary/aromatic N) is 1. The third kappa shape index (κ3) is 4.52. The molecule has 3 N–H and O–H groups in total. The molecule has 1 aromatic carbocycles. The van der Waals surface area contributed by atoms with Crippen LogP contribution in [0.1, 0.15) is 36.8 Å². The average Bonchev–Trinajstić information content (AvgIpc) is 2.59. The molecule has 0 aromatic heterocycles. The Hall–Kier alpha value is -1.04. The number of thioether (sulfide) groups is 1. The smallest absolute Gasteiger partial charge is 0.227 e. The topological polar surface area (TPSA) is 58.4 Å². The normalized spacial score (nSPS) is 25.4. The highest BCUT2D eigenvalue weighted by Crippen LogP contribution is 2.26. The zero-order valence-corrected chi connectivity index (χ0v) is 15.4. The van der Waals surface area contributed by atoms with E-state index < -0.39 is 0 Å². The quantitative estimate of drug-likeness (QED) is 0.879. The molecular formula is C19H29N3OS. The Labute approximate surface area is 149 Å². The van der Waals surface area contributed by atoms with Crippen LogP contribution >= 0.6 is 11.8 Å². The number of carbonyl (C=O) groups excluding carboxylic acids is 1. The average molecular weight is 348 g/mol. The van der Waals surface area contributed by atoms with Gasteiger partial charge < -0.3 is 11.1 Å². The minimum Gasteiger partial charge on any atom is -0.328 e. The van der Waals surface area contributed by atoms with Gasteiger partial charge in [-0.3, -0.25) is 9.69 Å². The van der Waals surface area contributed by atoms with Crippen molar-refractivity contribution in [2.24, 2.45) is 11.7 Å². The summed E-state index contributed by atoms with van der Waals surface area (Å²) in [5, 5.41) is 3.16. The molecule has 0 spiro atoms. The highest BCUT2D eigenvalue weighted by molar-refractivity contribution is 7.99. The van der Waals surface area contributed by atoms with Crippen molar-refractivity contribution in [1.29, 1.82) is 0 Å². The molecular weight excluding hydrogens is 318 g/mol. The van der Waals surface area contributed by atoms with Gasteiger partial charge in [-0.25, -0.2) is 0 Å². The second-order valence-corrected chi connectivity index (χ2v) is 8.32. The predicted molar refractivity (Wildman–Crippen MR) is 102 cm³/mol. The summed E-state index contributed by atoms with van der Waals surface area (Å²) in [5.74, 6) is 2.64. The summed E-state index contributed by atoms with van der Waals surface area (Å²) in [7, 11) is 0. The zero-order valence-electron chi connectivity index (χ0n) is 14.6. The van der Waals surface area contributed by atoms with Crippen LogP contribution in [0.2, 0.25) is 0 Å². The van der Waals surface area contributed by atoms with Crippen molar-refractivity contribution in [3.63, 3.8) is 0 Å². The van der Waals surface area contributed by atoms with E-state index in [4.69, 9.17) is 5.73 Å². The van der Waals surface area contributed by atoms with Crippen LogP contribution in [0.3, 0.4) is 0 Å². The Morgan fingerprint density at radius 3 is 2.88 bits per heavy atom. The summed E-state index contributed by atoms with van der Waals surface area (Å²) in [6.07, 6.45) is 3.89. The molecule has 2 atom stereocenters. The van der Waals surface area contributed by atoms with Crippen LogP contribution in [0.15, 0.2) is 18.2 Å². The van der Waals surface area contributed by atoms with E-state index in [-0.39, 0.29) is 17.9 Å². The number of carbonyl (C=O) groups is 1. The van der Waals surface area contributed by atoms with Gasteiger partial charge in [0.15, 0.2) is 0 Å². The van der Waals surface area contributed by atoms with Crippen molar-refractivity contribution in [3.8, 4) is 0 Å². The fourth-order valence-corrected chi connectivity index (χ4v) is 4.67. The van der Waals surface area contributed by atoms with E-state index in [9.17, 15) is 4.79 Å². The third-order valence-electron chi connectivity index (χ3n) is 5.29. The molecule has 4 nitrogen and oxygen atoms in total. The van der Waals surface area contributed by atoms with Gasteiger partial charge in [-0.05, 0) is 43.4 Å². The molecule has 3 rings (SSSR count). The van der Waals surface area contributed by atoms with Crippen molar-refractivity contribution in [3.05, 3.63) is 29.3 Å². The Morgan fingerprint density at radius 2 is 2.12 bits per heavy atom. The Morgan fingerprint density at radius 1 is 1.33 bits per heavy atom. The van der Waals surface area contributed by atoms with Crippen molar-refractivity contribution < 1.29 is 4.79 Å². The molecule has 2 aliphatic rings. The maximum atomic E-state index is 12.6. The van der Waals surface area contributed by atoms with E-state index in [0.717, 1.165) is 51.0 Å². The Balaban J connectivity index is 1.65. The second-order valence-electron chi connectivity index (χ2n) is 7.09. The van der Waals surface area contributed by atoms with Gasteiger partial charge in [-0.15, -0.1) is 0 Å².